The lowest BCUT2D eigenvalue weighted by Crippen LogP contribution is -2.27. The van der Waals surface area contributed by atoms with E-state index < -0.39 is 0 Å². The van der Waals surface area contributed by atoms with E-state index in [1.807, 2.05) is 0 Å². The van der Waals surface area contributed by atoms with Crippen molar-refractivity contribution in [1.29, 1.82) is 0 Å². The molecule has 78 valence electrons. The SMILES string of the molecule is CN(Cc1ncn[nH]1)C(=O)c1ncn[nH]1. The van der Waals surface area contributed by atoms with Gasteiger partial charge in [-0.3, -0.25) is 15.0 Å². The molecule has 0 aliphatic carbocycles. The fraction of sp³-hybridized carbons (Fsp3) is 0.286. The molecule has 2 aromatic heterocycles. The second-order valence-corrected chi connectivity index (χ2v) is 2.93. The first kappa shape index (κ1) is 9.31. The predicted octanol–water partition coefficient (Wildman–Crippen LogP) is -0.805. The van der Waals surface area contributed by atoms with E-state index in [0.29, 0.717) is 12.4 Å². The summed E-state index contributed by atoms with van der Waals surface area (Å²) in [6.07, 6.45) is 2.68. The minimum Gasteiger partial charge on any atom is -0.331 e. The second kappa shape index (κ2) is 3.86. The van der Waals surface area contributed by atoms with E-state index in [1.165, 1.54) is 17.6 Å². The minimum absolute atomic E-state index is 0.206. The molecule has 0 aliphatic heterocycles. The third kappa shape index (κ3) is 1.98. The monoisotopic (exact) mass is 207 g/mol. The average molecular weight is 207 g/mol. The van der Waals surface area contributed by atoms with Crippen LogP contribution in [0.25, 0.3) is 0 Å². The van der Waals surface area contributed by atoms with Gasteiger partial charge in [0.2, 0.25) is 5.82 Å². The molecule has 0 aliphatic rings. The van der Waals surface area contributed by atoms with Crippen molar-refractivity contribution < 1.29 is 4.79 Å². The standard InChI is InChI=1S/C7H9N7O/c1-14(2-5-8-3-10-12-5)7(15)6-9-4-11-13-6/h3-4H,2H2,1H3,(H,8,10,12)(H,9,11,13). The summed E-state index contributed by atoms with van der Waals surface area (Å²) in [4.78, 5) is 20.8. The topological polar surface area (TPSA) is 103 Å². The normalized spacial score (nSPS) is 10.2. The molecule has 0 saturated carbocycles. The molecular weight excluding hydrogens is 198 g/mol. The zero-order valence-corrected chi connectivity index (χ0v) is 8.01. The Morgan fingerprint density at radius 2 is 2.07 bits per heavy atom. The first-order valence-corrected chi connectivity index (χ1v) is 4.22. The first-order valence-electron chi connectivity index (χ1n) is 4.22. The van der Waals surface area contributed by atoms with E-state index in [1.54, 1.807) is 7.05 Å². The number of amides is 1. The van der Waals surface area contributed by atoms with Crippen LogP contribution >= 0.6 is 0 Å². The summed E-state index contributed by atoms with van der Waals surface area (Å²) >= 11 is 0. The lowest BCUT2D eigenvalue weighted by Gasteiger charge is -2.12. The van der Waals surface area contributed by atoms with Gasteiger partial charge in [-0.05, 0) is 0 Å². The van der Waals surface area contributed by atoms with Crippen LogP contribution < -0.4 is 0 Å². The molecule has 0 unspecified atom stereocenters. The number of carbonyl (C=O) groups excluding carboxylic acids is 1. The second-order valence-electron chi connectivity index (χ2n) is 2.93. The number of hydrogen-bond acceptors (Lipinski definition) is 5. The van der Waals surface area contributed by atoms with Gasteiger partial charge in [0, 0.05) is 7.05 Å². The highest BCUT2D eigenvalue weighted by Crippen LogP contribution is 1.99. The van der Waals surface area contributed by atoms with Crippen LogP contribution in [-0.4, -0.2) is 48.2 Å². The lowest BCUT2D eigenvalue weighted by atomic mass is 10.4. The Morgan fingerprint density at radius 1 is 1.33 bits per heavy atom. The van der Waals surface area contributed by atoms with Gasteiger partial charge in [0.25, 0.3) is 5.91 Å². The van der Waals surface area contributed by atoms with Gasteiger partial charge in [-0.1, -0.05) is 0 Å². The van der Waals surface area contributed by atoms with Gasteiger partial charge in [-0.15, -0.1) is 0 Å². The molecule has 2 aromatic rings. The maximum Gasteiger partial charge on any atom is 0.291 e. The molecule has 0 fully saturated rings. The number of aromatic amines is 2. The number of hydrogen-bond donors (Lipinski definition) is 2. The zero-order valence-electron chi connectivity index (χ0n) is 8.01. The highest BCUT2D eigenvalue weighted by atomic mass is 16.2. The molecule has 0 radical (unpaired) electrons. The Kier molecular flexibility index (Phi) is 2.40. The maximum atomic E-state index is 11.7. The fourth-order valence-corrected chi connectivity index (χ4v) is 1.09. The van der Waals surface area contributed by atoms with E-state index >= 15 is 0 Å². The van der Waals surface area contributed by atoms with Crippen molar-refractivity contribution >= 4 is 5.91 Å². The van der Waals surface area contributed by atoms with Crippen molar-refractivity contribution in [3.63, 3.8) is 0 Å². The van der Waals surface area contributed by atoms with E-state index in [9.17, 15) is 4.79 Å². The fourth-order valence-electron chi connectivity index (χ4n) is 1.09. The van der Waals surface area contributed by atoms with Gasteiger partial charge in [0.15, 0.2) is 0 Å². The van der Waals surface area contributed by atoms with Gasteiger partial charge in [0.1, 0.15) is 18.5 Å². The van der Waals surface area contributed by atoms with Crippen molar-refractivity contribution in [1.82, 2.24) is 35.3 Å². The summed E-state index contributed by atoms with van der Waals surface area (Å²) in [6, 6.07) is 0. The number of nitrogens with zero attached hydrogens (tertiary/aromatic N) is 5. The molecule has 1 amide bonds. The average Bonchev–Trinajstić information content (AvgIpc) is 2.88. The lowest BCUT2D eigenvalue weighted by molar-refractivity contribution is 0.0770. The van der Waals surface area contributed by atoms with Crippen molar-refractivity contribution in [3.05, 3.63) is 24.3 Å². The quantitative estimate of drug-likeness (QED) is 0.685. The molecule has 0 aromatic carbocycles. The van der Waals surface area contributed by atoms with Gasteiger partial charge >= 0.3 is 0 Å². The number of H-pyrrole nitrogens is 2. The van der Waals surface area contributed by atoms with E-state index in [2.05, 4.69) is 30.4 Å². The van der Waals surface area contributed by atoms with Crippen LogP contribution in [0.4, 0.5) is 0 Å². The summed E-state index contributed by atoms with van der Waals surface area (Å²) in [5.74, 6) is 0.575. The Balaban J connectivity index is 2.03. The number of carbonyl (C=O) groups is 1. The smallest absolute Gasteiger partial charge is 0.291 e. The largest absolute Gasteiger partial charge is 0.331 e. The molecular formula is C7H9N7O. The third-order valence-electron chi connectivity index (χ3n) is 1.82. The van der Waals surface area contributed by atoms with Gasteiger partial charge in [0.05, 0.1) is 6.54 Å². The molecule has 8 nitrogen and oxygen atoms in total. The summed E-state index contributed by atoms with van der Waals surface area (Å²) in [6.45, 7) is 0.347. The van der Waals surface area contributed by atoms with Crippen molar-refractivity contribution in [3.8, 4) is 0 Å². The van der Waals surface area contributed by atoms with Gasteiger partial charge in [-0.25, -0.2) is 9.97 Å². The van der Waals surface area contributed by atoms with Crippen LogP contribution in [0.15, 0.2) is 12.7 Å². The van der Waals surface area contributed by atoms with Crippen molar-refractivity contribution in [2.24, 2.45) is 0 Å². The molecule has 0 spiro atoms. The van der Waals surface area contributed by atoms with Gasteiger partial charge in [-0.2, -0.15) is 10.2 Å². The number of rotatable bonds is 3. The highest BCUT2D eigenvalue weighted by Gasteiger charge is 2.15. The molecule has 15 heavy (non-hydrogen) atoms. The van der Waals surface area contributed by atoms with E-state index in [4.69, 9.17) is 0 Å². The summed E-state index contributed by atoms with van der Waals surface area (Å²) in [5, 5.41) is 12.5. The third-order valence-corrected chi connectivity index (χ3v) is 1.82. The molecule has 2 rings (SSSR count). The summed E-state index contributed by atoms with van der Waals surface area (Å²) in [5.41, 5.74) is 0. The number of nitrogens with one attached hydrogen (secondary N) is 2. The van der Waals surface area contributed by atoms with E-state index in [-0.39, 0.29) is 11.7 Å². The molecule has 0 saturated heterocycles. The molecule has 0 atom stereocenters. The van der Waals surface area contributed by atoms with Crippen LogP contribution in [0.2, 0.25) is 0 Å². The number of aromatic nitrogens is 6. The Labute approximate surface area is 84.7 Å². The summed E-state index contributed by atoms with van der Waals surface area (Å²) in [7, 11) is 1.65. The van der Waals surface area contributed by atoms with E-state index in [0.717, 1.165) is 0 Å². The highest BCUT2D eigenvalue weighted by molar-refractivity contribution is 5.89. The van der Waals surface area contributed by atoms with Crippen LogP contribution in [-0.2, 0) is 6.54 Å². The predicted molar refractivity (Wildman–Crippen MR) is 48.6 cm³/mol. The Hall–Kier alpha value is -2.25. The maximum absolute atomic E-state index is 11.7. The minimum atomic E-state index is -0.246. The summed E-state index contributed by atoms with van der Waals surface area (Å²) < 4.78 is 0. The van der Waals surface area contributed by atoms with Crippen LogP contribution in [0.3, 0.4) is 0 Å². The zero-order chi connectivity index (χ0) is 10.7. The van der Waals surface area contributed by atoms with Crippen LogP contribution in [0.1, 0.15) is 16.4 Å². The van der Waals surface area contributed by atoms with Crippen molar-refractivity contribution in [2.75, 3.05) is 7.05 Å². The first-order chi connectivity index (χ1) is 7.27. The van der Waals surface area contributed by atoms with Crippen LogP contribution in [0.5, 0.6) is 0 Å². The van der Waals surface area contributed by atoms with Crippen molar-refractivity contribution in [2.45, 2.75) is 6.54 Å². The molecule has 2 heterocycles. The van der Waals surface area contributed by atoms with Crippen LogP contribution in [0, 0.1) is 0 Å². The van der Waals surface area contributed by atoms with Gasteiger partial charge < -0.3 is 4.90 Å². The molecule has 8 heteroatoms. The Bertz CT molecular complexity index is 420. The molecule has 0 bridgehead atoms. The molecule has 2 N–H and O–H groups in total. The Morgan fingerprint density at radius 3 is 2.67 bits per heavy atom.